The first-order valence-corrected chi connectivity index (χ1v) is 28.7. The third kappa shape index (κ3) is 51.1. The Balaban J connectivity index is 4.33. The number of esters is 3. The van der Waals surface area contributed by atoms with Gasteiger partial charge in [-0.25, -0.2) is 0 Å². The Bertz CT molecular complexity index is 993. The minimum absolute atomic E-state index is 0.0665. The predicted molar refractivity (Wildman–Crippen MR) is 275 cm³/mol. The molecule has 0 aromatic carbocycles. The number of ether oxygens (including phenoxy) is 3. The summed E-state index contributed by atoms with van der Waals surface area (Å²) in [6.45, 7) is 6.69. The molecule has 378 valence electrons. The molecule has 0 aliphatic heterocycles. The van der Waals surface area contributed by atoms with Crippen LogP contribution in [0.1, 0.15) is 323 Å². The first-order valence-electron chi connectivity index (χ1n) is 28.7. The van der Waals surface area contributed by atoms with Crippen LogP contribution in [-0.4, -0.2) is 37.2 Å². The van der Waals surface area contributed by atoms with E-state index >= 15 is 0 Å². The van der Waals surface area contributed by atoms with Crippen molar-refractivity contribution in [1.29, 1.82) is 0 Å². The van der Waals surface area contributed by atoms with Gasteiger partial charge in [0.2, 0.25) is 0 Å². The Hall–Kier alpha value is -1.85. The lowest BCUT2D eigenvalue weighted by molar-refractivity contribution is -0.167. The summed E-state index contributed by atoms with van der Waals surface area (Å²) in [4.78, 5) is 38.1. The third-order valence-electron chi connectivity index (χ3n) is 13.0. The van der Waals surface area contributed by atoms with E-state index in [-0.39, 0.29) is 31.1 Å². The van der Waals surface area contributed by atoms with Crippen LogP contribution in [0.4, 0.5) is 0 Å². The number of rotatable bonds is 53. The summed E-state index contributed by atoms with van der Waals surface area (Å²) in [5.41, 5.74) is 0. The highest BCUT2D eigenvalue weighted by molar-refractivity contribution is 5.71. The molecule has 0 saturated carbocycles. The maximum atomic E-state index is 12.8. The van der Waals surface area contributed by atoms with Gasteiger partial charge in [-0.1, -0.05) is 270 Å². The Kier molecular flexibility index (Phi) is 52.2. The molecule has 0 saturated heterocycles. The fraction of sp³-hybridized carbons (Fsp3) is 0.914. The van der Waals surface area contributed by atoms with Crippen molar-refractivity contribution in [3.63, 3.8) is 0 Å². The van der Waals surface area contributed by atoms with Gasteiger partial charge in [0.25, 0.3) is 0 Å². The molecule has 0 radical (unpaired) electrons. The summed E-state index contributed by atoms with van der Waals surface area (Å²) in [7, 11) is 0. The Morgan fingerprint density at radius 1 is 0.297 bits per heavy atom. The summed E-state index contributed by atoms with van der Waals surface area (Å²) >= 11 is 0. The minimum Gasteiger partial charge on any atom is -0.462 e. The van der Waals surface area contributed by atoms with Crippen LogP contribution in [-0.2, 0) is 28.6 Å². The molecule has 64 heavy (non-hydrogen) atoms. The van der Waals surface area contributed by atoms with Gasteiger partial charge in [0.05, 0.1) is 0 Å². The number of unbranched alkanes of at least 4 members (excludes halogenated alkanes) is 40. The molecule has 0 N–H and O–H groups in total. The van der Waals surface area contributed by atoms with Crippen molar-refractivity contribution in [3.05, 3.63) is 12.2 Å². The second-order valence-corrected chi connectivity index (χ2v) is 19.6. The van der Waals surface area contributed by atoms with Gasteiger partial charge < -0.3 is 14.2 Å². The Morgan fingerprint density at radius 2 is 0.516 bits per heavy atom. The van der Waals surface area contributed by atoms with E-state index in [9.17, 15) is 14.4 Å². The number of carbonyl (C=O) groups is 3. The standard InChI is InChI=1S/C58H110O6/c1-4-7-10-13-16-19-22-25-28-31-33-36-39-42-45-48-51-57(60)63-54-55(64-58(61)52-49-46-43-40-37-34-30-27-24-21-18-15-12-9-6-3)53-62-56(59)50-47-44-41-38-35-32-29-26-23-20-17-14-11-8-5-2/h28,31,55H,4-27,29-30,32-54H2,1-3H3/b31-28-/t55-/m1/s1. The van der Waals surface area contributed by atoms with Gasteiger partial charge in [-0.2, -0.15) is 0 Å². The molecule has 0 aromatic rings. The molecular weight excluding hydrogens is 793 g/mol. The van der Waals surface area contributed by atoms with E-state index in [0.717, 1.165) is 64.2 Å². The SMILES string of the molecule is CCCCCCCCC/C=C\CCCCCCCC(=O)OC[C@@H](COC(=O)CCCCCCCCCCCCCCCCC)OC(=O)CCCCCCCCCCCCCCCCC. The molecule has 0 unspecified atom stereocenters. The maximum absolute atomic E-state index is 12.8. The molecule has 0 bridgehead atoms. The zero-order chi connectivity index (χ0) is 46.5. The Morgan fingerprint density at radius 3 is 0.781 bits per heavy atom. The topological polar surface area (TPSA) is 78.9 Å². The van der Waals surface area contributed by atoms with E-state index < -0.39 is 6.10 Å². The highest BCUT2D eigenvalue weighted by Gasteiger charge is 2.19. The number of allylic oxidation sites excluding steroid dienone is 2. The number of hydrogen-bond acceptors (Lipinski definition) is 6. The van der Waals surface area contributed by atoms with Crippen LogP contribution in [0, 0.1) is 0 Å². The quantitative estimate of drug-likeness (QED) is 0.0262. The van der Waals surface area contributed by atoms with Gasteiger partial charge in [0, 0.05) is 19.3 Å². The second-order valence-electron chi connectivity index (χ2n) is 19.6. The van der Waals surface area contributed by atoms with Crippen molar-refractivity contribution in [2.45, 2.75) is 329 Å². The van der Waals surface area contributed by atoms with E-state index in [0.29, 0.717) is 19.3 Å². The average Bonchev–Trinajstić information content (AvgIpc) is 3.29. The second kappa shape index (κ2) is 53.8. The van der Waals surface area contributed by atoms with Gasteiger partial charge in [0.15, 0.2) is 6.10 Å². The van der Waals surface area contributed by atoms with Crippen LogP contribution in [0.25, 0.3) is 0 Å². The zero-order valence-electron chi connectivity index (χ0n) is 43.3. The van der Waals surface area contributed by atoms with E-state index in [4.69, 9.17) is 14.2 Å². The summed E-state index contributed by atoms with van der Waals surface area (Å²) in [6.07, 6.45) is 60.5. The van der Waals surface area contributed by atoms with Crippen molar-refractivity contribution in [1.82, 2.24) is 0 Å². The molecule has 6 nitrogen and oxygen atoms in total. The maximum Gasteiger partial charge on any atom is 0.306 e. The molecule has 6 heteroatoms. The minimum atomic E-state index is -0.767. The molecule has 0 fully saturated rings. The summed E-state index contributed by atoms with van der Waals surface area (Å²) in [5.74, 6) is -0.851. The fourth-order valence-electron chi connectivity index (χ4n) is 8.68. The fourth-order valence-corrected chi connectivity index (χ4v) is 8.68. The van der Waals surface area contributed by atoms with Gasteiger partial charge in [-0.15, -0.1) is 0 Å². The molecule has 0 aliphatic rings. The van der Waals surface area contributed by atoms with Crippen LogP contribution in [0.5, 0.6) is 0 Å². The monoisotopic (exact) mass is 903 g/mol. The average molecular weight is 904 g/mol. The molecule has 1 atom stereocenters. The highest BCUT2D eigenvalue weighted by Crippen LogP contribution is 2.17. The Labute approximate surface area is 399 Å². The van der Waals surface area contributed by atoms with Crippen LogP contribution in [0.2, 0.25) is 0 Å². The van der Waals surface area contributed by atoms with E-state index in [1.54, 1.807) is 0 Å². The van der Waals surface area contributed by atoms with Crippen LogP contribution >= 0.6 is 0 Å². The molecule has 0 spiro atoms. The van der Waals surface area contributed by atoms with E-state index in [2.05, 4.69) is 32.9 Å². The number of hydrogen-bond donors (Lipinski definition) is 0. The van der Waals surface area contributed by atoms with Crippen LogP contribution in [0.15, 0.2) is 12.2 Å². The number of carbonyl (C=O) groups excluding carboxylic acids is 3. The van der Waals surface area contributed by atoms with Gasteiger partial charge in [0.1, 0.15) is 13.2 Å². The summed E-state index contributed by atoms with van der Waals surface area (Å²) in [5, 5.41) is 0. The van der Waals surface area contributed by atoms with Gasteiger partial charge >= 0.3 is 17.9 Å². The van der Waals surface area contributed by atoms with Crippen molar-refractivity contribution >= 4 is 17.9 Å². The van der Waals surface area contributed by atoms with E-state index in [1.807, 2.05) is 0 Å². The van der Waals surface area contributed by atoms with Crippen molar-refractivity contribution in [2.24, 2.45) is 0 Å². The lowest BCUT2D eigenvalue weighted by Gasteiger charge is -2.18. The van der Waals surface area contributed by atoms with Crippen molar-refractivity contribution in [3.8, 4) is 0 Å². The molecule has 0 aromatic heterocycles. The first kappa shape index (κ1) is 62.1. The molecule has 0 amide bonds. The summed E-state index contributed by atoms with van der Waals surface area (Å²) in [6, 6.07) is 0. The smallest absolute Gasteiger partial charge is 0.306 e. The lowest BCUT2D eigenvalue weighted by atomic mass is 10.0. The molecule has 0 rings (SSSR count). The van der Waals surface area contributed by atoms with E-state index in [1.165, 1.54) is 218 Å². The van der Waals surface area contributed by atoms with Crippen LogP contribution < -0.4 is 0 Å². The summed E-state index contributed by atoms with van der Waals surface area (Å²) < 4.78 is 16.9. The van der Waals surface area contributed by atoms with Crippen molar-refractivity contribution in [2.75, 3.05) is 13.2 Å². The van der Waals surface area contributed by atoms with Crippen molar-refractivity contribution < 1.29 is 28.6 Å². The molecule has 0 aliphatic carbocycles. The lowest BCUT2D eigenvalue weighted by Crippen LogP contribution is -2.30. The van der Waals surface area contributed by atoms with Gasteiger partial charge in [-0.05, 0) is 44.9 Å². The van der Waals surface area contributed by atoms with Gasteiger partial charge in [-0.3, -0.25) is 14.4 Å². The highest BCUT2D eigenvalue weighted by atomic mass is 16.6. The molecule has 0 heterocycles. The zero-order valence-corrected chi connectivity index (χ0v) is 43.3. The first-order chi connectivity index (χ1) is 31.5. The third-order valence-corrected chi connectivity index (χ3v) is 13.0. The normalized spacial score (nSPS) is 12.0. The molecular formula is C58H110O6. The predicted octanol–water partition coefficient (Wildman–Crippen LogP) is 18.9. The van der Waals surface area contributed by atoms with Crippen LogP contribution in [0.3, 0.4) is 0 Å². The largest absolute Gasteiger partial charge is 0.462 e.